The molecule has 0 spiro atoms. The van der Waals surface area contributed by atoms with Gasteiger partial charge in [0.15, 0.2) is 0 Å². The molecule has 0 bridgehead atoms. The maximum Gasteiger partial charge on any atom is 0.335 e. The Morgan fingerprint density at radius 2 is 1.67 bits per heavy atom. The molecule has 1 fully saturated rings. The first-order chi connectivity index (χ1) is 13.1. The molecule has 1 N–H and O–H groups in total. The number of methoxy groups -OCH3 is 2. The second-order valence-electron chi connectivity index (χ2n) is 6.74. The summed E-state index contributed by atoms with van der Waals surface area (Å²) in [6.45, 7) is 5.41. The van der Waals surface area contributed by atoms with Crippen LogP contribution >= 0.6 is 0 Å². The molecule has 0 saturated carbocycles. The molecule has 2 aromatic carbocycles. The summed E-state index contributed by atoms with van der Waals surface area (Å²) in [5.74, 6) is 0.834. The van der Waals surface area contributed by atoms with E-state index in [0.29, 0.717) is 5.56 Å². The summed E-state index contributed by atoms with van der Waals surface area (Å²) in [6.07, 6.45) is 0. The number of ether oxygens (including phenoxy) is 2. The first-order valence-electron chi connectivity index (χ1n) is 9.07. The van der Waals surface area contributed by atoms with Gasteiger partial charge >= 0.3 is 5.97 Å². The molecule has 27 heavy (non-hydrogen) atoms. The Bertz CT molecular complexity index is 786. The molecule has 1 aliphatic rings. The van der Waals surface area contributed by atoms with Gasteiger partial charge < -0.3 is 14.6 Å². The highest BCUT2D eigenvalue weighted by molar-refractivity contribution is 5.87. The third kappa shape index (κ3) is 4.99. The third-order valence-electron chi connectivity index (χ3n) is 4.93. The molecular formula is C21H26N2O4. The predicted molar refractivity (Wildman–Crippen MR) is 104 cm³/mol. The SMILES string of the molecule is COc1ccc(OC)c(CN2CCN(Cc3cccc(C(=O)O)c3)CC2)c1. The van der Waals surface area contributed by atoms with Gasteiger partial charge in [-0.3, -0.25) is 9.80 Å². The second kappa shape index (κ2) is 8.88. The molecular weight excluding hydrogens is 344 g/mol. The van der Waals surface area contributed by atoms with Gasteiger partial charge in [0.2, 0.25) is 0 Å². The van der Waals surface area contributed by atoms with Crippen LogP contribution in [0.4, 0.5) is 0 Å². The first-order valence-corrected chi connectivity index (χ1v) is 9.07. The van der Waals surface area contributed by atoms with Gasteiger partial charge in [0.1, 0.15) is 11.5 Å². The van der Waals surface area contributed by atoms with E-state index in [9.17, 15) is 4.79 Å². The quantitative estimate of drug-likeness (QED) is 0.809. The van der Waals surface area contributed by atoms with Crippen molar-refractivity contribution in [2.45, 2.75) is 13.1 Å². The van der Waals surface area contributed by atoms with E-state index in [4.69, 9.17) is 14.6 Å². The number of carboxylic acid groups (broad SMARTS) is 1. The monoisotopic (exact) mass is 370 g/mol. The molecule has 144 valence electrons. The largest absolute Gasteiger partial charge is 0.497 e. The normalized spacial score (nSPS) is 15.5. The third-order valence-corrected chi connectivity index (χ3v) is 4.93. The van der Waals surface area contributed by atoms with Crippen LogP contribution in [0.1, 0.15) is 21.5 Å². The van der Waals surface area contributed by atoms with Crippen molar-refractivity contribution in [2.75, 3.05) is 40.4 Å². The van der Waals surface area contributed by atoms with E-state index in [1.807, 2.05) is 30.3 Å². The number of carboxylic acids is 1. The summed E-state index contributed by atoms with van der Waals surface area (Å²) in [5, 5.41) is 9.13. The van der Waals surface area contributed by atoms with Gasteiger partial charge in [-0.15, -0.1) is 0 Å². The van der Waals surface area contributed by atoms with Gasteiger partial charge in [0.05, 0.1) is 19.8 Å². The summed E-state index contributed by atoms with van der Waals surface area (Å²) in [5.41, 5.74) is 2.51. The van der Waals surface area contributed by atoms with Gasteiger partial charge in [0, 0.05) is 44.8 Å². The Balaban J connectivity index is 1.56. The van der Waals surface area contributed by atoms with Crippen molar-refractivity contribution in [3.63, 3.8) is 0 Å². The first kappa shape index (κ1) is 19.2. The van der Waals surface area contributed by atoms with Gasteiger partial charge in [-0.25, -0.2) is 4.79 Å². The van der Waals surface area contributed by atoms with E-state index in [2.05, 4.69) is 9.80 Å². The smallest absolute Gasteiger partial charge is 0.335 e. The van der Waals surface area contributed by atoms with Crippen molar-refractivity contribution in [3.05, 3.63) is 59.2 Å². The van der Waals surface area contributed by atoms with E-state index < -0.39 is 5.97 Å². The molecule has 6 nitrogen and oxygen atoms in total. The van der Waals surface area contributed by atoms with E-state index in [0.717, 1.165) is 61.9 Å². The average molecular weight is 370 g/mol. The Morgan fingerprint density at radius 3 is 2.30 bits per heavy atom. The molecule has 1 aliphatic heterocycles. The van der Waals surface area contributed by atoms with Crippen molar-refractivity contribution in [3.8, 4) is 11.5 Å². The summed E-state index contributed by atoms with van der Waals surface area (Å²) in [4.78, 5) is 15.9. The maximum absolute atomic E-state index is 11.1. The number of rotatable bonds is 7. The molecule has 6 heteroatoms. The van der Waals surface area contributed by atoms with Crippen LogP contribution < -0.4 is 9.47 Å². The molecule has 0 aromatic heterocycles. The van der Waals surface area contributed by atoms with Crippen LogP contribution in [0.2, 0.25) is 0 Å². The lowest BCUT2D eigenvalue weighted by Gasteiger charge is -2.35. The zero-order valence-electron chi connectivity index (χ0n) is 15.9. The number of piperazine rings is 1. The van der Waals surface area contributed by atoms with Crippen molar-refractivity contribution in [1.29, 1.82) is 0 Å². The lowest BCUT2D eigenvalue weighted by Crippen LogP contribution is -2.45. The molecule has 2 aromatic rings. The minimum atomic E-state index is -0.881. The van der Waals surface area contributed by atoms with Crippen LogP contribution in [0.3, 0.4) is 0 Å². The van der Waals surface area contributed by atoms with Gasteiger partial charge in [0.25, 0.3) is 0 Å². The lowest BCUT2D eigenvalue weighted by molar-refractivity contribution is 0.0696. The van der Waals surface area contributed by atoms with E-state index in [1.54, 1.807) is 26.4 Å². The molecule has 0 radical (unpaired) electrons. The van der Waals surface area contributed by atoms with Gasteiger partial charge in [-0.05, 0) is 35.9 Å². The van der Waals surface area contributed by atoms with Crippen LogP contribution in [0.25, 0.3) is 0 Å². The van der Waals surface area contributed by atoms with Crippen molar-refractivity contribution in [1.82, 2.24) is 9.80 Å². The number of hydrogen-bond donors (Lipinski definition) is 1. The Hall–Kier alpha value is -2.57. The summed E-state index contributed by atoms with van der Waals surface area (Å²) in [7, 11) is 3.36. The Kier molecular flexibility index (Phi) is 6.32. The highest BCUT2D eigenvalue weighted by Crippen LogP contribution is 2.25. The van der Waals surface area contributed by atoms with Crippen LogP contribution in [-0.2, 0) is 13.1 Å². The topological polar surface area (TPSA) is 62.2 Å². The zero-order valence-corrected chi connectivity index (χ0v) is 15.9. The van der Waals surface area contributed by atoms with Gasteiger partial charge in [-0.2, -0.15) is 0 Å². The molecule has 0 amide bonds. The molecule has 0 unspecified atom stereocenters. The summed E-state index contributed by atoms with van der Waals surface area (Å²) >= 11 is 0. The van der Waals surface area contributed by atoms with Gasteiger partial charge in [-0.1, -0.05) is 12.1 Å². The average Bonchev–Trinajstić information content (AvgIpc) is 2.69. The number of benzene rings is 2. The fraction of sp³-hybridized carbons (Fsp3) is 0.381. The van der Waals surface area contributed by atoms with Crippen LogP contribution in [0, 0.1) is 0 Å². The highest BCUT2D eigenvalue weighted by Gasteiger charge is 2.19. The van der Waals surface area contributed by atoms with E-state index in [-0.39, 0.29) is 0 Å². The number of aromatic carboxylic acids is 1. The minimum Gasteiger partial charge on any atom is -0.497 e. The lowest BCUT2D eigenvalue weighted by atomic mass is 10.1. The minimum absolute atomic E-state index is 0.344. The zero-order chi connectivity index (χ0) is 19.2. The fourth-order valence-corrected chi connectivity index (χ4v) is 3.41. The number of hydrogen-bond acceptors (Lipinski definition) is 5. The molecule has 1 heterocycles. The second-order valence-corrected chi connectivity index (χ2v) is 6.74. The van der Waals surface area contributed by atoms with Crippen molar-refractivity contribution >= 4 is 5.97 Å². The maximum atomic E-state index is 11.1. The molecule has 3 rings (SSSR count). The summed E-state index contributed by atoms with van der Waals surface area (Å²) in [6, 6.07) is 13.1. The van der Waals surface area contributed by atoms with Crippen molar-refractivity contribution < 1.29 is 19.4 Å². The number of nitrogens with zero attached hydrogens (tertiary/aromatic N) is 2. The fourth-order valence-electron chi connectivity index (χ4n) is 3.41. The van der Waals surface area contributed by atoms with Crippen LogP contribution in [0.15, 0.2) is 42.5 Å². The van der Waals surface area contributed by atoms with E-state index >= 15 is 0 Å². The van der Waals surface area contributed by atoms with E-state index in [1.165, 1.54) is 0 Å². The van der Waals surface area contributed by atoms with Crippen LogP contribution in [-0.4, -0.2) is 61.3 Å². The summed E-state index contributed by atoms with van der Waals surface area (Å²) < 4.78 is 10.8. The predicted octanol–water partition coefficient (Wildman–Crippen LogP) is 2.72. The van der Waals surface area contributed by atoms with Crippen LogP contribution in [0.5, 0.6) is 11.5 Å². The molecule has 0 aliphatic carbocycles. The standard InChI is InChI=1S/C21H26N2O4/c1-26-19-6-7-20(27-2)18(13-19)15-23-10-8-22(9-11-23)14-16-4-3-5-17(12-16)21(24)25/h3-7,12-13H,8-11,14-15H2,1-2H3,(H,24,25). The van der Waals surface area contributed by atoms with Crippen molar-refractivity contribution in [2.24, 2.45) is 0 Å². The Labute approximate surface area is 159 Å². The number of carbonyl (C=O) groups is 1. The molecule has 1 saturated heterocycles. The highest BCUT2D eigenvalue weighted by atomic mass is 16.5. The Morgan fingerprint density at radius 1 is 0.963 bits per heavy atom. The molecule has 0 atom stereocenters.